The van der Waals surface area contributed by atoms with E-state index in [1.807, 2.05) is 12.1 Å². The molecule has 22 heavy (non-hydrogen) atoms. The molecule has 0 aliphatic heterocycles. The smallest absolute Gasteiger partial charge is 0.315 e. The van der Waals surface area contributed by atoms with E-state index in [1.54, 1.807) is 24.3 Å². The molecular formula is C16H10Cl3NO2. The van der Waals surface area contributed by atoms with E-state index in [4.69, 9.17) is 39.9 Å². The van der Waals surface area contributed by atoms with E-state index >= 15 is 0 Å². The Morgan fingerprint density at radius 1 is 1.00 bits per heavy atom. The van der Waals surface area contributed by atoms with Gasteiger partial charge in [-0.05, 0) is 35.4 Å². The molecule has 0 heterocycles. The first-order valence-corrected chi connectivity index (χ1v) is 7.31. The molecule has 112 valence electrons. The third kappa shape index (κ3) is 4.32. The van der Waals surface area contributed by atoms with Crippen molar-refractivity contribution >= 4 is 46.5 Å². The number of hydrogen-bond donors (Lipinski definition) is 2. The van der Waals surface area contributed by atoms with Crippen LogP contribution in [0, 0.1) is 12.0 Å². The molecule has 0 bridgehead atoms. The summed E-state index contributed by atoms with van der Waals surface area (Å²) < 4.78 is 0. The SMILES string of the molecule is O=C(O)CC#CNc1ccc(-c2ccc(Cl)c(Cl)c2)cc1Cl. The Morgan fingerprint density at radius 2 is 1.64 bits per heavy atom. The summed E-state index contributed by atoms with van der Waals surface area (Å²) in [4.78, 5) is 10.4. The van der Waals surface area contributed by atoms with Gasteiger partial charge in [0.15, 0.2) is 0 Å². The van der Waals surface area contributed by atoms with Crippen molar-refractivity contribution in [2.75, 3.05) is 5.32 Å². The van der Waals surface area contributed by atoms with E-state index in [-0.39, 0.29) is 6.42 Å². The van der Waals surface area contributed by atoms with Crippen LogP contribution in [0.1, 0.15) is 6.42 Å². The molecule has 0 fully saturated rings. The number of carboxylic acids is 1. The van der Waals surface area contributed by atoms with Crippen LogP contribution in [0.3, 0.4) is 0 Å². The molecule has 0 saturated carbocycles. The number of benzene rings is 2. The molecular weight excluding hydrogens is 345 g/mol. The van der Waals surface area contributed by atoms with Gasteiger partial charge in [0.2, 0.25) is 0 Å². The monoisotopic (exact) mass is 353 g/mol. The van der Waals surface area contributed by atoms with Gasteiger partial charge in [-0.15, -0.1) is 0 Å². The summed E-state index contributed by atoms with van der Waals surface area (Å²) in [5, 5.41) is 12.7. The third-order valence-electron chi connectivity index (χ3n) is 2.75. The van der Waals surface area contributed by atoms with E-state index in [1.165, 1.54) is 0 Å². The first-order chi connectivity index (χ1) is 10.5. The van der Waals surface area contributed by atoms with Crippen LogP contribution in [0.5, 0.6) is 0 Å². The quantitative estimate of drug-likeness (QED) is 0.591. The molecule has 3 nitrogen and oxygen atoms in total. The van der Waals surface area contributed by atoms with Gasteiger partial charge in [0, 0.05) is 6.04 Å². The van der Waals surface area contributed by atoms with Crippen molar-refractivity contribution in [2.24, 2.45) is 0 Å². The molecule has 0 radical (unpaired) electrons. The lowest BCUT2D eigenvalue weighted by atomic mass is 10.1. The van der Waals surface area contributed by atoms with Gasteiger partial charge < -0.3 is 10.4 Å². The molecule has 2 N–H and O–H groups in total. The fraction of sp³-hybridized carbons (Fsp3) is 0.0625. The van der Waals surface area contributed by atoms with Crippen LogP contribution < -0.4 is 5.32 Å². The number of halogens is 3. The lowest BCUT2D eigenvalue weighted by Gasteiger charge is -2.07. The number of hydrogen-bond acceptors (Lipinski definition) is 2. The van der Waals surface area contributed by atoms with Crippen molar-refractivity contribution in [3.8, 4) is 23.1 Å². The summed E-state index contributed by atoms with van der Waals surface area (Å²) in [5.41, 5.74) is 2.37. The van der Waals surface area contributed by atoms with Crippen LogP contribution >= 0.6 is 34.8 Å². The van der Waals surface area contributed by atoms with Crippen molar-refractivity contribution in [3.63, 3.8) is 0 Å². The highest BCUT2D eigenvalue weighted by atomic mass is 35.5. The van der Waals surface area contributed by atoms with Crippen molar-refractivity contribution in [2.45, 2.75) is 6.42 Å². The Hall–Kier alpha value is -1.86. The van der Waals surface area contributed by atoms with Crippen LogP contribution in [0.15, 0.2) is 36.4 Å². The number of rotatable bonds is 3. The molecule has 0 atom stereocenters. The topological polar surface area (TPSA) is 49.3 Å². The molecule has 2 rings (SSSR count). The molecule has 0 saturated heterocycles. The maximum atomic E-state index is 10.4. The highest BCUT2D eigenvalue weighted by molar-refractivity contribution is 6.42. The van der Waals surface area contributed by atoms with Crippen LogP contribution in [0.4, 0.5) is 5.69 Å². The van der Waals surface area contributed by atoms with E-state index < -0.39 is 5.97 Å². The second-order valence-corrected chi connectivity index (χ2v) is 5.54. The zero-order chi connectivity index (χ0) is 16.1. The molecule has 0 amide bonds. The zero-order valence-corrected chi connectivity index (χ0v) is 13.4. The van der Waals surface area contributed by atoms with Crippen molar-refractivity contribution < 1.29 is 9.90 Å². The predicted molar refractivity (Wildman–Crippen MR) is 90.6 cm³/mol. The Labute approximate surface area is 142 Å². The van der Waals surface area contributed by atoms with E-state index in [0.29, 0.717) is 20.8 Å². The summed E-state index contributed by atoms with van der Waals surface area (Å²) in [6.07, 6.45) is -0.230. The second kappa shape index (κ2) is 7.42. The highest BCUT2D eigenvalue weighted by Gasteiger charge is 2.05. The van der Waals surface area contributed by atoms with Gasteiger partial charge in [-0.25, -0.2) is 0 Å². The Morgan fingerprint density at radius 3 is 2.23 bits per heavy atom. The summed E-state index contributed by atoms with van der Waals surface area (Å²) >= 11 is 18.1. The van der Waals surface area contributed by atoms with Gasteiger partial charge >= 0.3 is 5.97 Å². The highest BCUT2D eigenvalue weighted by Crippen LogP contribution is 2.32. The van der Waals surface area contributed by atoms with E-state index in [9.17, 15) is 4.79 Å². The van der Waals surface area contributed by atoms with Crippen LogP contribution in [-0.2, 0) is 4.79 Å². The molecule has 2 aromatic rings. The Bertz CT molecular complexity index is 779. The summed E-state index contributed by atoms with van der Waals surface area (Å²) in [5.74, 6) is 1.49. The van der Waals surface area contributed by atoms with E-state index in [2.05, 4.69) is 17.3 Å². The zero-order valence-electron chi connectivity index (χ0n) is 11.2. The maximum absolute atomic E-state index is 10.4. The minimum absolute atomic E-state index is 0.230. The number of aliphatic carboxylic acids is 1. The van der Waals surface area contributed by atoms with Crippen LogP contribution in [0.2, 0.25) is 15.1 Å². The van der Waals surface area contributed by atoms with Gasteiger partial charge in [0.1, 0.15) is 6.42 Å². The number of anilines is 1. The average molecular weight is 355 g/mol. The van der Waals surface area contributed by atoms with Gasteiger partial charge in [-0.1, -0.05) is 52.9 Å². The molecule has 2 aromatic carbocycles. The minimum atomic E-state index is -0.977. The fourth-order valence-electron chi connectivity index (χ4n) is 1.70. The second-order valence-electron chi connectivity index (χ2n) is 4.32. The number of carboxylic acid groups (broad SMARTS) is 1. The normalized spacial score (nSPS) is 9.77. The molecule has 0 aromatic heterocycles. The van der Waals surface area contributed by atoms with Crippen LogP contribution in [0.25, 0.3) is 11.1 Å². The predicted octanol–water partition coefficient (Wildman–Crippen LogP) is 5.16. The fourth-order valence-corrected chi connectivity index (χ4v) is 2.23. The Balaban J connectivity index is 2.19. The standard InChI is InChI=1S/C16H10Cl3NO2/c17-12-5-3-10(8-13(12)18)11-4-6-15(14(19)9-11)20-7-1-2-16(21)22/h3-6,8-9,20H,2H2,(H,21,22). The molecule has 0 unspecified atom stereocenters. The molecule has 0 aliphatic rings. The summed E-state index contributed by atoms with van der Waals surface area (Å²) in [6, 6.07) is 13.3. The maximum Gasteiger partial charge on any atom is 0.315 e. The number of nitrogens with one attached hydrogen (secondary N) is 1. The lowest BCUT2D eigenvalue weighted by Crippen LogP contribution is -1.93. The minimum Gasteiger partial charge on any atom is -0.481 e. The van der Waals surface area contributed by atoms with Crippen molar-refractivity contribution in [1.82, 2.24) is 0 Å². The first kappa shape index (κ1) is 16.5. The lowest BCUT2D eigenvalue weighted by molar-refractivity contribution is -0.135. The van der Waals surface area contributed by atoms with Gasteiger partial charge in [0.05, 0.1) is 20.8 Å². The van der Waals surface area contributed by atoms with Gasteiger partial charge in [-0.2, -0.15) is 0 Å². The average Bonchev–Trinajstić information content (AvgIpc) is 2.47. The number of carbonyl (C=O) groups is 1. The molecule has 6 heteroatoms. The largest absolute Gasteiger partial charge is 0.481 e. The Kier molecular flexibility index (Phi) is 5.57. The van der Waals surface area contributed by atoms with Crippen LogP contribution in [-0.4, -0.2) is 11.1 Å². The van der Waals surface area contributed by atoms with E-state index in [0.717, 1.165) is 11.1 Å². The van der Waals surface area contributed by atoms with Crippen molar-refractivity contribution in [1.29, 1.82) is 0 Å². The van der Waals surface area contributed by atoms with Gasteiger partial charge in [-0.3, -0.25) is 4.79 Å². The molecule has 0 spiro atoms. The molecule has 0 aliphatic carbocycles. The van der Waals surface area contributed by atoms with Gasteiger partial charge in [0.25, 0.3) is 0 Å². The first-order valence-electron chi connectivity index (χ1n) is 6.18. The summed E-state index contributed by atoms with van der Waals surface area (Å²) in [7, 11) is 0. The van der Waals surface area contributed by atoms with Crippen molar-refractivity contribution in [3.05, 3.63) is 51.5 Å². The third-order valence-corrected chi connectivity index (χ3v) is 3.80. The summed E-state index contributed by atoms with van der Waals surface area (Å²) in [6.45, 7) is 0.